The third-order valence-corrected chi connectivity index (χ3v) is 4.81. The highest BCUT2D eigenvalue weighted by atomic mass is 32.2. The van der Waals surface area contributed by atoms with Crippen LogP contribution in [-0.4, -0.2) is 43.0 Å². The lowest BCUT2D eigenvalue weighted by Crippen LogP contribution is -2.53. The molecule has 0 unspecified atom stereocenters. The number of benzene rings is 1. The predicted octanol–water partition coefficient (Wildman–Crippen LogP) is 1.06. The van der Waals surface area contributed by atoms with Gasteiger partial charge in [-0.25, -0.2) is 12.7 Å². The third-order valence-electron chi connectivity index (χ3n) is 3.58. The van der Waals surface area contributed by atoms with Gasteiger partial charge in [0.05, 0.1) is 23.4 Å². The van der Waals surface area contributed by atoms with Gasteiger partial charge in [-0.05, 0) is 12.1 Å². The molecule has 1 aromatic carbocycles. The quantitative estimate of drug-likeness (QED) is 0.920. The van der Waals surface area contributed by atoms with Crippen LogP contribution in [0.5, 0.6) is 0 Å². The van der Waals surface area contributed by atoms with Crippen LogP contribution in [0.1, 0.15) is 0 Å². The number of anilines is 1. The molecule has 21 heavy (non-hydrogen) atoms. The maximum absolute atomic E-state index is 12.2. The van der Waals surface area contributed by atoms with Gasteiger partial charge in [-0.3, -0.25) is 9.78 Å². The van der Waals surface area contributed by atoms with Crippen molar-refractivity contribution in [1.29, 1.82) is 0 Å². The summed E-state index contributed by atoms with van der Waals surface area (Å²) in [5, 5.41) is 3.78. The number of carbonyl (C=O) groups is 1. The second kappa shape index (κ2) is 5.09. The Labute approximate surface area is 122 Å². The molecule has 0 spiro atoms. The van der Waals surface area contributed by atoms with Crippen LogP contribution in [0.3, 0.4) is 0 Å². The minimum atomic E-state index is -3.20. The van der Waals surface area contributed by atoms with Gasteiger partial charge in [-0.15, -0.1) is 0 Å². The molecule has 0 atom stereocenters. The Bertz CT molecular complexity index is 793. The highest BCUT2D eigenvalue weighted by Crippen LogP contribution is 2.24. The summed E-state index contributed by atoms with van der Waals surface area (Å²) in [6.07, 6.45) is 2.82. The Morgan fingerprint density at radius 2 is 2.00 bits per heavy atom. The first-order valence-electron chi connectivity index (χ1n) is 6.55. The monoisotopic (exact) mass is 305 g/mol. The SMILES string of the molecule is CS(=O)(=O)N1CC(C(=O)Nc2cccc3cccnc23)C1. The number of pyridine rings is 1. The number of para-hydroxylation sites is 1. The summed E-state index contributed by atoms with van der Waals surface area (Å²) in [6, 6.07) is 9.33. The summed E-state index contributed by atoms with van der Waals surface area (Å²) in [5.74, 6) is -0.480. The van der Waals surface area contributed by atoms with Crippen LogP contribution in [0.25, 0.3) is 10.9 Å². The average molecular weight is 305 g/mol. The van der Waals surface area contributed by atoms with Crippen molar-refractivity contribution in [3.63, 3.8) is 0 Å². The van der Waals surface area contributed by atoms with Gasteiger partial charge in [0.1, 0.15) is 0 Å². The van der Waals surface area contributed by atoms with E-state index in [1.54, 1.807) is 12.3 Å². The van der Waals surface area contributed by atoms with Gasteiger partial charge in [0.15, 0.2) is 0 Å². The Hall–Kier alpha value is -1.99. The minimum absolute atomic E-state index is 0.173. The molecule has 1 saturated heterocycles. The van der Waals surface area contributed by atoms with Crippen molar-refractivity contribution in [2.24, 2.45) is 5.92 Å². The number of rotatable bonds is 3. The Morgan fingerprint density at radius 1 is 1.29 bits per heavy atom. The van der Waals surface area contributed by atoms with E-state index in [1.807, 2.05) is 24.3 Å². The first kappa shape index (κ1) is 14.0. The Balaban J connectivity index is 1.74. The van der Waals surface area contributed by atoms with E-state index in [9.17, 15) is 13.2 Å². The summed E-state index contributed by atoms with van der Waals surface area (Å²) < 4.78 is 23.9. The zero-order valence-corrected chi connectivity index (χ0v) is 12.3. The summed E-state index contributed by atoms with van der Waals surface area (Å²) in [4.78, 5) is 16.4. The van der Waals surface area contributed by atoms with E-state index in [0.29, 0.717) is 5.69 Å². The number of aromatic nitrogens is 1. The highest BCUT2D eigenvalue weighted by Gasteiger charge is 2.37. The topological polar surface area (TPSA) is 79.4 Å². The average Bonchev–Trinajstić information content (AvgIpc) is 2.35. The van der Waals surface area contributed by atoms with E-state index >= 15 is 0 Å². The molecule has 1 amide bonds. The van der Waals surface area contributed by atoms with E-state index in [2.05, 4.69) is 10.3 Å². The van der Waals surface area contributed by atoms with Crippen LogP contribution in [0.2, 0.25) is 0 Å². The Morgan fingerprint density at radius 3 is 2.71 bits per heavy atom. The molecule has 2 aromatic rings. The summed E-state index contributed by atoms with van der Waals surface area (Å²) in [5.41, 5.74) is 1.38. The van der Waals surface area contributed by atoms with Crippen molar-refractivity contribution < 1.29 is 13.2 Å². The fraction of sp³-hybridized carbons (Fsp3) is 0.286. The van der Waals surface area contributed by atoms with Gasteiger partial charge in [0.2, 0.25) is 15.9 Å². The lowest BCUT2D eigenvalue weighted by atomic mass is 10.0. The zero-order valence-electron chi connectivity index (χ0n) is 11.5. The molecule has 3 rings (SSSR count). The van der Waals surface area contributed by atoms with Crippen molar-refractivity contribution >= 4 is 32.5 Å². The molecule has 1 fully saturated rings. The van der Waals surface area contributed by atoms with Crippen LogP contribution in [0.4, 0.5) is 5.69 Å². The van der Waals surface area contributed by atoms with E-state index in [-0.39, 0.29) is 24.9 Å². The summed E-state index contributed by atoms with van der Waals surface area (Å²) in [6.45, 7) is 0.478. The van der Waals surface area contributed by atoms with Gasteiger partial charge >= 0.3 is 0 Å². The smallest absolute Gasteiger partial charge is 0.230 e. The molecule has 1 N–H and O–H groups in total. The molecule has 0 saturated carbocycles. The van der Waals surface area contributed by atoms with Crippen LogP contribution >= 0.6 is 0 Å². The van der Waals surface area contributed by atoms with E-state index < -0.39 is 10.0 Å². The van der Waals surface area contributed by atoms with Crippen molar-refractivity contribution in [2.45, 2.75) is 0 Å². The van der Waals surface area contributed by atoms with E-state index in [1.165, 1.54) is 4.31 Å². The third kappa shape index (κ3) is 2.74. The number of sulfonamides is 1. The summed E-state index contributed by atoms with van der Waals surface area (Å²) >= 11 is 0. The van der Waals surface area contributed by atoms with Gasteiger partial charge in [-0.2, -0.15) is 0 Å². The molecule has 110 valence electrons. The minimum Gasteiger partial charge on any atom is -0.324 e. The molecular weight excluding hydrogens is 290 g/mol. The van der Waals surface area contributed by atoms with Crippen molar-refractivity contribution in [3.8, 4) is 0 Å². The van der Waals surface area contributed by atoms with Crippen molar-refractivity contribution in [2.75, 3.05) is 24.7 Å². The maximum atomic E-state index is 12.2. The van der Waals surface area contributed by atoms with E-state index in [0.717, 1.165) is 17.2 Å². The van der Waals surface area contributed by atoms with Crippen molar-refractivity contribution in [1.82, 2.24) is 9.29 Å². The number of amides is 1. The molecular formula is C14H15N3O3S. The van der Waals surface area contributed by atoms with Gasteiger partial charge in [0, 0.05) is 24.7 Å². The zero-order chi connectivity index (χ0) is 15.0. The maximum Gasteiger partial charge on any atom is 0.230 e. The van der Waals surface area contributed by atoms with E-state index in [4.69, 9.17) is 0 Å². The second-order valence-corrected chi connectivity index (χ2v) is 7.13. The van der Waals surface area contributed by atoms with Crippen LogP contribution in [-0.2, 0) is 14.8 Å². The van der Waals surface area contributed by atoms with Gasteiger partial charge < -0.3 is 5.32 Å². The molecule has 7 heteroatoms. The fourth-order valence-electron chi connectivity index (χ4n) is 2.31. The second-order valence-electron chi connectivity index (χ2n) is 5.15. The van der Waals surface area contributed by atoms with Gasteiger partial charge in [-0.1, -0.05) is 18.2 Å². The van der Waals surface area contributed by atoms with Gasteiger partial charge in [0.25, 0.3) is 0 Å². The standard InChI is InChI=1S/C14H15N3O3S/c1-21(19,20)17-8-11(9-17)14(18)16-12-6-2-4-10-5-3-7-15-13(10)12/h2-7,11H,8-9H2,1H3,(H,16,18). The number of nitrogens with zero attached hydrogens (tertiary/aromatic N) is 2. The molecule has 0 radical (unpaired) electrons. The molecule has 6 nitrogen and oxygen atoms in total. The number of nitrogens with one attached hydrogen (secondary N) is 1. The normalized spacial score (nSPS) is 16.6. The van der Waals surface area contributed by atoms with Crippen LogP contribution < -0.4 is 5.32 Å². The number of carbonyl (C=O) groups excluding carboxylic acids is 1. The molecule has 1 aromatic heterocycles. The van der Waals surface area contributed by atoms with Crippen LogP contribution in [0, 0.1) is 5.92 Å². The Kier molecular flexibility index (Phi) is 3.38. The number of hydrogen-bond donors (Lipinski definition) is 1. The van der Waals surface area contributed by atoms with Crippen LogP contribution in [0.15, 0.2) is 36.5 Å². The fourth-order valence-corrected chi connectivity index (χ4v) is 3.22. The number of hydrogen-bond acceptors (Lipinski definition) is 4. The predicted molar refractivity (Wildman–Crippen MR) is 80.3 cm³/mol. The first-order valence-corrected chi connectivity index (χ1v) is 8.40. The number of fused-ring (bicyclic) bond motifs is 1. The molecule has 0 aliphatic carbocycles. The molecule has 1 aliphatic heterocycles. The highest BCUT2D eigenvalue weighted by molar-refractivity contribution is 7.88. The molecule has 0 bridgehead atoms. The lowest BCUT2D eigenvalue weighted by molar-refractivity contribution is -0.122. The molecule has 2 heterocycles. The first-order chi connectivity index (χ1) is 9.95. The van der Waals surface area contributed by atoms with Crippen molar-refractivity contribution in [3.05, 3.63) is 36.5 Å². The molecule has 1 aliphatic rings. The largest absolute Gasteiger partial charge is 0.324 e. The lowest BCUT2D eigenvalue weighted by Gasteiger charge is -2.35. The summed E-state index contributed by atoms with van der Waals surface area (Å²) in [7, 11) is -3.20.